The molecule has 34 heavy (non-hydrogen) atoms. The molecule has 4 rings (SSSR count). The minimum atomic E-state index is -1.17. The van der Waals surface area contributed by atoms with E-state index in [0.29, 0.717) is 10.8 Å². The number of aliphatic hydroxyl groups excluding tert-OH is 1. The molecule has 0 bridgehead atoms. The SMILES string of the molecule is Cn1c(=O)[nH]c(=O)c2c1nc(OC(=O)c1ccccc1)n2C[C@@H](O)COc1ccc(Cl)cc1Cl. The van der Waals surface area contributed by atoms with Crippen LogP contribution in [-0.4, -0.2) is 42.9 Å². The number of aliphatic hydroxyl groups is 1. The van der Waals surface area contributed by atoms with E-state index in [4.69, 9.17) is 32.7 Å². The standard InChI is InChI=1S/C22H18Cl2N4O6/c1-27-18-17(19(30)26-21(27)32)28(22(25-18)34-20(31)12-5-3-2-4-6-12)10-14(29)11-33-16-8-7-13(23)9-15(16)24/h2-9,14,29H,10-11H2,1H3,(H,26,30,32)/t14-/m1/s1. The van der Waals surface area contributed by atoms with E-state index in [0.717, 1.165) is 4.57 Å². The lowest BCUT2D eigenvalue weighted by Gasteiger charge is -2.15. The van der Waals surface area contributed by atoms with Crippen LogP contribution in [0.1, 0.15) is 10.4 Å². The Balaban J connectivity index is 1.66. The number of esters is 1. The highest BCUT2D eigenvalue weighted by atomic mass is 35.5. The molecule has 2 heterocycles. The third-order valence-corrected chi connectivity index (χ3v) is 5.41. The number of hydrogen-bond acceptors (Lipinski definition) is 7. The molecule has 0 aliphatic rings. The molecule has 12 heteroatoms. The number of H-pyrrole nitrogens is 1. The average Bonchev–Trinajstić information content (AvgIpc) is 3.15. The van der Waals surface area contributed by atoms with Crippen molar-refractivity contribution in [3.8, 4) is 11.8 Å². The number of rotatable bonds is 7. The maximum Gasteiger partial charge on any atom is 0.345 e. The van der Waals surface area contributed by atoms with E-state index in [2.05, 4.69) is 9.97 Å². The van der Waals surface area contributed by atoms with Gasteiger partial charge in [0.15, 0.2) is 11.2 Å². The van der Waals surface area contributed by atoms with Crippen molar-refractivity contribution >= 4 is 40.3 Å². The topological polar surface area (TPSA) is 128 Å². The first-order chi connectivity index (χ1) is 16.2. The summed E-state index contributed by atoms with van der Waals surface area (Å²) in [5.41, 5.74) is -1.25. The van der Waals surface area contributed by atoms with Crippen LogP contribution in [0.5, 0.6) is 11.8 Å². The molecular weight excluding hydrogens is 487 g/mol. The molecule has 0 radical (unpaired) electrons. The fourth-order valence-electron chi connectivity index (χ4n) is 3.22. The van der Waals surface area contributed by atoms with Gasteiger partial charge in [-0.15, -0.1) is 0 Å². The molecule has 0 aliphatic carbocycles. The average molecular weight is 505 g/mol. The number of fused-ring (bicyclic) bond motifs is 1. The molecule has 10 nitrogen and oxygen atoms in total. The first kappa shape index (κ1) is 23.6. The summed E-state index contributed by atoms with van der Waals surface area (Å²) >= 11 is 12.0. The molecule has 2 aromatic carbocycles. The first-order valence-corrected chi connectivity index (χ1v) is 10.7. The zero-order valence-corrected chi connectivity index (χ0v) is 19.2. The van der Waals surface area contributed by atoms with Crippen LogP contribution < -0.4 is 20.7 Å². The predicted octanol–water partition coefficient (Wildman–Crippen LogP) is 2.39. The van der Waals surface area contributed by atoms with Crippen molar-refractivity contribution in [3.63, 3.8) is 0 Å². The van der Waals surface area contributed by atoms with Crippen LogP contribution >= 0.6 is 23.2 Å². The number of ether oxygens (including phenoxy) is 2. The quantitative estimate of drug-likeness (QED) is 0.369. The van der Waals surface area contributed by atoms with E-state index in [-0.39, 0.29) is 40.9 Å². The Kier molecular flexibility index (Phi) is 6.73. The number of aromatic nitrogens is 4. The zero-order chi connectivity index (χ0) is 24.4. The largest absolute Gasteiger partial charge is 0.489 e. The molecule has 2 aromatic heterocycles. The number of carbonyl (C=O) groups excluding carboxylic acids is 1. The van der Waals surface area contributed by atoms with Crippen LogP contribution in [-0.2, 0) is 13.6 Å². The van der Waals surface area contributed by atoms with E-state index in [1.54, 1.807) is 42.5 Å². The third kappa shape index (κ3) is 4.84. The molecule has 176 valence electrons. The number of aryl methyl sites for hydroxylation is 1. The van der Waals surface area contributed by atoms with Gasteiger partial charge in [0.2, 0.25) is 0 Å². The van der Waals surface area contributed by atoms with Crippen molar-refractivity contribution in [2.75, 3.05) is 6.61 Å². The van der Waals surface area contributed by atoms with Crippen LogP contribution in [0, 0.1) is 0 Å². The third-order valence-electron chi connectivity index (χ3n) is 4.88. The summed E-state index contributed by atoms with van der Waals surface area (Å²) in [6.45, 7) is -0.447. The van der Waals surface area contributed by atoms with Crippen LogP contribution in [0.2, 0.25) is 10.0 Å². The molecular formula is C22H18Cl2N4O6. The van der Waals surface area contributed by atoms with E-state index >= 15 is 0 Å². The Morgan fingerprint density at radius 3 is 2.62 bits per heavy atom. The highest BCUT2D eigenvalue weighted by molar-refractivity contribution is 6.35. The molecule has 0 amide bonds. The summed E-state index contributed by atoms with van der Waals surface area (Å²) in [6.07, 6.45) is -1.17. The van der Waals surface area contributed by atoms with E-state index in [1.807, 2.05) is 0 Å². The van der Waals surface area contributed by atoms with E-state index < -0.39 is 23.3 Å². The summed E-state index contributed by atoms with van der Waals surface area (Å²) in [4.78, 5) is 43.5. The summed E-state index contributed by atoms with van der Waals surface area (Å²) in [5, 5.41) is 11.3. The van der Waals surface area contributed by atoms with Gasteiger partial charge in [-0.05, 0) is 30.3 Å². The molecule has 1 atom stereocenters. The maximum atomic E-state index is 12.6. The highest BCUT2D eigenvalue weighted by Crippen LogP contribution is 2.28. The Labute approximate surface area is 201 Å². The normalized spacial score (nSPS) is 12.0. The summed E-state index contributed by atoms with van der Waals surface area (Å²) in [6, 6.07) is 12.5. The molecule has 0 spiro atoms. The van der Waals surface area contributed by atoms with Gasteiger partial charge in [0.1, 0.15) is 18.5 Å². The molecule has 0 aliphatic heterocycles. The molecule has 0 saturated heterocycles. The molecule has 0 saturated carbocycles. The number of hydrogen-bond donors (Lipinski definition) is 2. The Bertz CT molecular complexity index is 1480. The van der Waals surface area contributed by atoms with Crippen LogP contribution in [0.25, 0.3) is 11.2 Å². The number of aromatic amines is 1. The summed E-state index contributed by atoms with van der Waals surface area (Å²) in [5.74, 6) is -0.422. The van der Waals surface area contributed by atoms with Crippen LogP contribution in [0.3, 0.4) is 0 Å². The van der Waals surface area contributed by atoms with Gasteiger partial charge >= 0.3 is 17.7 Å². The lowest BCUT2D eigenvalue weighted by atomic mass is 10.2. The lowest BCUT2D eigenvalue weighted by molar-refractivity contribution is 0.0684. The minimum absolute atomic E-state index is 0.0153. The second kappa shape index (κ2) is 9.72. The van der Waals surface area contributed by atoms with Crippen molar-refractivity contribution in [2.24, 2.45) is 7.05 Å². The van der Waals surface area contributed by atoms with Crippen molar-refractivity contribution < 1.29 is 19.4 Å². The van der Waals surface area contributed by atoms with Gasteiger partial charge in [0.05, 0.1) is 17.1 Å². The molecule has 4 aromatic rings. The van der Waals surface area contributed by atoms with Gasteiger partial charge in [-0.3, -0.25) is 18.9 Å². The molecule has 2 N–H and O–H groups in total. The fourth-order valence-corrected chi connectivity index (χ4v) is 3.68. The Hall–Kier alpha value is -3.60. The first-order valence-electron chi connectivity index (χ1n) is 9.97. The van der Waals surface area contributed by atoms with E-state index in [1.165, 1.54) is 17.7 Å². The van der Waals surface area contributed by atoms with Gasteiger partial charge in [0, 0.05) is 12.1 Å². The van der Waals surface area contributed by atoms with Crippen LogP contribution in [0.4, 0.5) is 0 Å². The number of imidazole rings is 1. The number of nitrogens with zero attached hydrogens (tertiary/aromatic N) is 3. The Morgan fingerprint density at radius 2 is 1.91 bits per heavy atom. The number of carbonyl (C=O) groups is 1. The summed E-state index contributed by atoms with van der Waals surface area (Å²) in [7, 11) is 1.41. The zero-order valence-electron chi connectivity index (χ0n) is 17.7. The number of halogens is 2. The second-order valence-electron chi connectivity index (χ2n) is 7.29. The summed E-state index contributed by atoms with van der Waals surface area (Å²) < 4.78 is 13.3. The second-order valence-corrected chi connectivity index (χ2v) is 8.13. The fraction of sp³-hybridized carbons (Fsp3) is 0.182. The smallest absolute Gasteiger partial charge is 0.345 e. The van der Waals surface area contributed by atoms with Gasteiger partial charge < -0.3 is 14.6 Å². The van der Waals surface area contributed by atoms with Crippen LogP contribution in [0.15, 0.2) is 58.1 Å². The maximum absolute atomic E-state index is 12.6. The minimum Gasteiger partial charge on any atom is -0.489 e. The van der Waals surface area contributed by atoms with Crippen molar-refractivity contribution in [1.82, 2.24) is 19.1 Å². The van der Waals surface area contributed by atoms with Crippen molar-refractivity contribution in [2.45, 2.75) is 12.6 Å². The van der Waals surface area contributed by atoms with E-state index in [9.17, 15) is 19.5 Å². The Morgan fingerprint density at radius 1 is 1.18 bits per heavy atom. The predicted molar refractivity (Wildman–Crippen MR) is 125 cm³/mol. The number of benzene rings is 2. The molecule has 0 fully saturated rings. The van der Waals surface area contributed by atoms with Crippen molar-refractivity contribution in [1.29, 1.82) is 0 Å². The van der Waals surface area contributed by atoms with Crippen molar-refractivity contribution in [3.05, 3.63) is 85.0 Å². The van der Waals surface area contributed by atoms with Gasteiger partial charge in [0.25, 0.3) is 5.56 Å². The van der Waals surface area contributed by atoms with Gasteiger partial charge in [-0.2, -0.15) is 4.98 Å². The number of nitrogens with one attached hydrogen (secondary N) is 1. The highest BCUT2D eigenvalue weighted by Gasteiger charge is 2.23. The van der Waals surface area contributed by atoms with Gasteiger partial charge in [-0.25, -0.2) is 9.59 Å². The lowest BCUT2D eigenvalue weighted by Crippen LogP contribution is -2.31. The van der Waals surface area contributed by atoms with Gasteiger partial charge in [-0.1, -0.05) is 41.4 Å². The molecule has 0 unspecified atom stereocenters. The monoisotopic (exact) mass is 504 g/mol.